The molecule has 2 rings (SSSR count). The number of hydrogen-bond acceptors (Lipinski definition) is 3. The molecule has 0 spiro atoms. The number of hydrogen-bond donors (Lipinski definition) is 1. The Balaban J connectivity index is 1.94. The van der Waals surface area contributed by atoms with E-state index in [2.05, 4.69) is 17.1 Å². The summed E-state index contributed by atoms with van der Waals surface area (Å²) in [5.41, 5.74) is 0. The molecule has 0 radical (unpaired) electrons. The van der Waals surface area contributed by atoms with Gasteiger partial charge in [0.15, 0.2) is 0 Å². The second-order valence-corrected chi connectivity index (χ2v) is 5.89. The highest BCUT2D eigenvalue weighted by Crippen LogP contribution is 2.24. The van der Waals surface area contributed by atoms with Crippen molar-refractivity contribution in [3.05, 3.63) is 24.2 Å². The summed E-state index contributed by atoms with van der Waals surface area (Å²) in [5, 5.41) is 3.08. The van der Waals surface area contributed by atoms with Crippen LogP contribution in [0.1, 0.15) is 63.7 Å². The normalized spacial score (nSPS) is 18.1. The molecule has 0 aliphatic carbocycles. The molecule has 1 aliphatic heterocycles. The molecule has 2 heterocycles. The Morgan fingerprint density at radius 1 is 1.33 bits per heavy atom. The van der Waals surface area contributed by atoms with E-state index < -0.39 is 0 Å². The molecule has 1 atom stereocenters. The van der Waals surface area contributed by atoms with E-state index in [1.807, 2.05) is 12.1 Å². The second-order valence-electron chi connectivity index (χ2n) is 5.89. The maximum atomic E-state index is 11.9. The van der Waals surface area contributed by atoms with Crippen LogP contribution in [-0.4, -0.2) is 30.4 Å². The number of carbonyl (C=O) groups excluding carboxylic acids is 1. The Kier molecular flexibility index (Phi) is 6.80. The van der Waals surface area contributed by atoms with Crippen LogP contribution in [0.25, 0.3) is 0 Å². The van der Waals surface area contributed by atoms with Gasteiger partial charge in [-0.1, -0.05) is 26.2 Å². The first-order valence-corrected chi connectivity index (χ1v) is 8.35. The molecule has 1 unspecified atom stereocenters. The predicted octanol–water partition coefficient (Wildman–Crippen LogP) is 3.50. The third-order valence-corrected chi connectivity index (χ3v) is 4.20. The summed E-state index contributed by atoms with van der Waals surface area (Å²) in [6.07, 6.45) is 9.46. The zero-order valence-electron chi connectivity index (χ0n) is 13.1. The van der Waals surface area contributed by atoms with Crippen molar-refractivity contribution < 1.29 is 9.21 Å². The van der Waals surface area contributed by atoms with Gasteiger partial charge in [0.05, 0.1) is 12.3 Å². The van der Waals surface area contributed by atoms with Gasteiger partial charge in [0.25, 0.3) is 0 Å². The van der Waals surface area contributed by atoms with Crippen molar-refractivity contribution in [1.29, 1.82) is 0 Å². The first-order chi connectivity index (χ1) is 10.3. The van der Waals surface area contributed by atoms with E-state index in [9.17, 15) is 4.79 Å². The van der Waals surface area contributed by atoms with Gasteiger partial charge in [-0.2, -0.15) is 0 Å². The molecule has 1 amide bonds. The minimum atomic E-state index is 0.156. The number of nitrogens with zero attached hydrogens (tertiary/aromatic N) is 1. The largest absolute Gasteiger partial charge is 0.468 e. The fourth-order valence-corrected chi connectivity index (χ4v) is 2.93. The number of rotatable bonds is 7. The zero-order valence-corrected chi connectivity index (χ0v) is 13.1. The van der Waals surface area contributed by atoms with E-state index in [1.54, 1.807) is 6.26 Å². The minimum Gasteiger partial charge on any atom is -0.468 e. The van der Waals surface area contributed by atoms with Gasteiger partial charge >= 0.3 is 0 Å². The van der Waals surface area contributed by atoms with Crippen molar-refractivity contribution in [3.63, 3.8) is 0 Å². The fourth-order valence-electron chi connectivity index (χ4n) is 2.93. The van der Waals surface area contributed by atoms with Crippen LogP contribution >= 0.6 is 0 Å². The van der Waals surface area contributed by atoms with Gasteiger partial charge < -0.3 is 9.73 Å². The van der Waals surface area contributed by atoms with Crippen molar-refractivity contribution in [3.8, 4) is 0 Å². The molecule has 0 aromatic carbocycles. The molecule has 1 aromatic rings. The Morgan fingerprint density at radius 2 is 2.10 bits per heavy atom. The Labute approximate surface area is 127 Å². The van der Waals surface area contributed by atoms with Crippen LogP contribution < -0.4 is 5.32 Å². The molecule has 1 aromatic heterocycles. The average Bonchev–Trinajstić information content (AvgIpc) is 2.88. The molecule has 4 heteroatoms. The van der Waals surface area contributed by atoms with Crippen molar-refractivity contribution in [1.82, 2.24) is 10.2 Å². The summed E-state index contributed by atoms with van der Waals surface area (Å²) in [6.45, 7) is 4.94. The summed E-state index contributed by atoms with van der Waals surface area (Å²) in [7, 11) is 0. The average molecular weight is 292 g/mol. The van der Waals surface area contributed by atoms with Crippen molar-refractivity contribution in [2.75, 3.05) is 19.6 Å². The molecular weight excluding hydrogens is 264 g/mol. The summed E-state index contributed by atoms with van der Waals surface area (Å²) < 4.78 is 5.61. The van der Waals surface area contributed by atoms with E-state index >= 15 is 0 Å². The lowest BCUT2D eigenvalue weighted by atomic mass is 10.1. The van der Waals surface area contributed by atoms with Crippen LogP contribution in [0.15, 0.2) is 22.8 Å². The maximum Gasteiger partial charge on any atom is 0.220 e. The maximum absolute atomic E-state index is 11.9. The van der Waals surface area contributed by atoms with Gasteiger partial charge in [0.2, 0.25) is 5.91 Å². The number of furan rings is 1. The van der Waals surface area contributed by atoms with E-state index in [4.69, 9.17) is 4.42 Å². The molecule has 0 bridgehead atoms. The SMILES string of the molecule is CCCCC(=O)NCC(c1ccco1)N1CCCCCC1. The predicted molar refractivity (Wildman–Crippen MR) is 84.0 cm³/mol. The van der Waals surface area contributed by atoms with Gasteiger partial charge in [-0.25, -0.2) is 0 Å². The quantitative estimate of drug-likeness (QED) is 0.836. The third kappa shape index (κ3) is 5.20. The zero-order chi connectivity index (χ0) is 14.9. The molecule has 0 saturated carbocycles. The van der Waals surface area contributed by atoms with E-state index in [1.165, 1.54) is 25.7 Å². The van der Waals surface area contributed by atoms with Crippen molar-refractivity contribution in [2.24, 2.45) is 0 Å². The second kappa shape index (κ2) is 8.88. The Morgan fingerprint density at radius 3 is 2.71 bits per heavy atom. The van der Waals surface area contributed by atoms with Crippen LogP contribution in [0.3, 0.4) is 0 Å². The van der Waals surface area contributed by atoms with Crippen LogP contribution in [0.4, 0.5) is 0 Å². The molecule has 1 aliphatic rings. The number of amides is 1. The van der Waals surface area contributed by atoms with Gasteiger partial charge in [-0.3, -0.25) is 9.69 Å². The van der Waals surface area contributed by atoms with Gasteiger partial charge in [-0.05, 0) is 44.5 Å². The monoisotopic (exact) mass is 292 g/mol. The molecule has 1 N–H and O–H groups in total. The lowest BCUT2D eigenvalue weighted by molar-refractivity contribution is -0.121. The topological polar surface area (TPSA) is 45.5 Å². The smallest absolute Gasteiger partial charge is 0.220 e. The van der Waals surface area contributed by atoms with E-state index in [-0.39, 0.29) is 11.9 Å². The molecule has 4 nitrogen and oxygen atoms in total. The lowest BCUT2D eigenvalue weighted by Crippen LogP contribution is -2.38. The highest BCUT2D eigenvalue weighted by Gasteiger charge is 2.24. The van der Waals surface area contributed by atoms with Gasteiger partial charge in [0.1, 0.15) is 5.76 Å². The standard InChI is InChI=1S/C17H28N2O2/c1-2-3-10-17(20)18-14-15(16-9-8-13-21-16)19-11-6-4-5-7-12-19/h8-9,13,15H,2-7,10-12,14H2,1H3,(H,18,20). The number of nitrogens with one attached hydrogen (secondary N) is 1. The van der Waals surface area contributed by atoms with Crippen LogP contribution in [0, 0.1) is 0 Å². The first-order valence-electron chi connectivity index (χ1n) is 8.35. The molecule has 1 fully saturated rings. The minimum absolute atomic E-state index is 0.156. The van der Waals surface area contributed by atoms with Gasteiger partial charge in [-0.15, -0.1) is 0 Å². The van der Waals surface area contributed by atoms with Crippen LogP contribution in [0.2, 0.25) is 0 Å². The first kappa shape index (κ1) is 16.1. The molecule has 21 heavy (non-hydrogen) atoms. The van der Waals surface area contributed by atoms with Gasteiger partial charge in [0, 0.05) is 13.0 Å². The lowest BCUT2D eigenvalue weighted by Gasteiger charge is -2.29. The molecule has 1 saturated heterocycles. The Bertz CT molecular complexity index is 395. The van der Waals surface area contributed by atoms with Crippen molar-refractivity contribution >= 4 is 5.91 Å². The summed E-state index contributed by atoms with van der Waals surface area (Å²) in [6, 6.07) is 4.12. The number of unbranched alkanes of at least 4 members (excludes halogenated alkanes) is 1. The van der Waals surface area contributed by atoms with Crippen LogP contribution in [-0.2, 0) is 4.79 Å². The van der Waals surface area contributed by atoms with E-state index in [0.717, 1.165) is 31.7 Å². The van der Waals surface area contributed by atoms with Crippen molar-refractivity contribution in [2.45, 2.75) is 57.9 Å². The molecule has 118 valence electrons. The Hall–Kier alpha value is -1.29. The number of likely N-dealkylation sites (tertiary alicyclic amines) is 1. The third-order valence-electron chi connectivity index (χ3n) is 4.20. The summed E-state index contributed by atoms with van der Waals surface area (Å²) in [5.74, 6) is 1.12. The molecular formula is C17H28N2O2. The van der Waals surface area contributed by atoms with Crippen LogP contribution in [0.5, 0.6) is 0 Å². The summed E-state index contributed by atoms with van der Waals surface area (Å²) in [4.78, 5) is 14.3. The highest BCUT2D eigenvalue weighted by atomic mass is 16.3. The highest BCUT2D eigenvalue weighted by molar-refractivity contribution is 5.75. The fraction of sp³-hybridized carbons (Fsp3) is 0.706. The summed E-state index contributed by atoms with van der Waals surface area (Å²) >= 11 is 0. The van der Waals surface area contributed by atoms with E-state index in [0.29, 0.717) is 13.0 Å². The number of carbonyl (C=O) groups is 1.